The number of carbonyl (C=O) groups is 2. The molecule has 1 amide bonds. The number of nitrogens with zero attached hydrogens (tertiary/aromatic N) is 1. The zero-order chi connectivity index (χ0) is 28.0. The van der Waals surface area contributed by atoms with Crippen molar-refractivity contribution in [1.29, 1.82) is 0 Å². The highest BCUT2D eigenvalue weighted by Gasteiger charge is 2.44. The Balaban J connectivity index is 1.50. The number of benzene rings is 3. The number of hydrogen-bond acceptors (Lipinski definition) is 5. The molecule has 4 rings (SSSR count). The molecule has 0 aliphatic carbocycles. The van der Waals surface area contributed by atoms with Crippen LogP contribution in [-0.2, 0) is 14.2 Å². The van der Waals surface area contributed by atoms with Gasteiger partial charge in [-0.15, -0.1) is 0 Å². The fourth-order valence-corrected chi connectivity index (χ4v) is 6.91. The molecule has 1 saturated heterocycles. The van der Waals surface area contributed by atoms with Gasteiger partial charge in [-0.25, -0.2) is 9.59 Å². The van der Waals surface area contributed by atoms with E-state index >= 15 is 0 Å². The fourth-order valence-electron chi connectivity index (χ4n) is 4.48. The highest BCUT2D eigenvalue weighted by molar-refractivity contribution is 7.80. The molecule has 1 fully saturated rings. The van der Waals surface area contributed by atoms with Crippen molar-refractivity contribution < 1.29 is 23.8 Å². The highest BCUT2D eigenvalue weighted by atomic mass is 31.1. The minimum absolute atomic E-state index is 0.0703. The SMILES string of the molecule is CC(C)(C)OC(=O)N1[C@@H](/C=C\COC(=O)c2ccccc2P(c2ccccc2)c2ccccc2)COC1(C)C. The average Bonchev–Trinajstić information content (AvgIpc) is 3.21. The molecule has 204 valence electrons. The average molecular weight is 546 g/mol. The highest BCUT2D eigenvalue weighted by Crippen LogP contribution is 2.34. The standard InChI is InChI=1S/C32H36NO5P/c1-31(2,3)38-30(35)33-24(23-37-32(33,4)5)15-14-22-36-29(34)27-20-12-13-21-28(27)39(25-16-8-6-9-17-25)26-18-10-7-11-19-26/h6-21,24H,22-23H2,1-5H3/b15-14-/t24-/m0/s1. The minimum Gasteiger partial charge on any atom is -0.458 e. The molecule has 1 aliphatic rings. The monoisotopic (exact) mass is 545 g/mol. The predicted molar refractivity (Wildman–Crippen MR) is 156 cm³/mol. The van der Waals surface area contributed by atoms with E-state index in [1.807, 2.05) is 101 Å². The molecule has 3 aromatic rings. The Morgan fingerprint density at radius 3 is 2.10 bits per heavy atom. The molecule has 1 aliphatic heterocycles. The third-order valence-corrected chi connectivity index (χ3v) is 8.67. The summed E-state index contributed by atoms with van der Waals surface area (Å²) in [6.45, 7) is 9.56. The summed E-state index contributed by atoms with van der Waals surface area (Å²) in [5.41, 5.74) is -0.879. The van der Waals surface area contributed by atoms with Crippen LogP contribution in [0.2, 0.25) is 0 Å². The quantitative estimate of drug-likeness (QED) is 0.222. The minimum atomic E-state index is -0.954. The number of amides is 1. The molecular formula is C32H36NO5P. The van der Waals surface area contributed by atoms with E-state index in [2.05, 4.69) is 24.3 Å². The molecule has 0 spiro atoms. The molecule has 0 N–H and O–H groups in total. The Labute approximate surface area is 232 Å². The van der Waals surface area contributed by atoms with Gasteiger partial charge in [-0.2, -0.15) is 0 Å². The van der Waals surface area contributed by atoms with Crippen molar-refractivity contribution in [1.82, 2.24) is 4.90 Å². The Kier molecular flexibility index (Phi) is 8.89. The first-order valence-electron chi connectivity index (χ1n) is 13.1. The number of ether oxygens (including phenoxy) is 3. The maximum absolute atomic E-state index is 13.3. The Morgan fingerprint density at radius 2 is 1.51 bits per heavy atom. The Bertz CT molecular complexity index is 1260. The van der Waals surface area contributed by atoms with E-state index in [0.29, 0.717) is 12.2 Å². The van der Waals surface area contributed by atoms with Gasteiger partial charge in [0.25, 0.3) is 0 Å². The summed E-state index contributed by atoms with van der Waals surface area (Å²) in [6.07, 6.45) is 3.14. The fraction of sp³-hybridized carbons (Fsp3) is 0.312. The second-order valence-electron chi connectivity index (χ2n) is 10.7. The van der Waals surface area contributed by atoms with Gasteiger partial charge in [-0.1, -0.05) is 84.9 Å². The topological polar surface area (TPSA) is 65.1 Å². The zero-order valence-electron chi connectivity index (χ0n) is 23.2. The second kappa shape index (κ2) is 12.1. The molecule has 1 atom stereocenters. The Morgan fingerprint density at radius 1 is 0.949 bits per heavy atom. The van der Waals surface area contributed by atoms with E-state index in [1.54, 1.807) is 11.0 Å². The maximum atomic E-state index is 13.3. The van der Waals surface area contributed by atoms with Crippen molar-refractivity contribution in [2.45, 2.75) is 52.0 Å². The van der Waals surface area contributed by atoms with Gasteiger partial charge in [0.05, 0.1) is 18.2 Å². The molecule has 39 heavy (non-hydrogen) atoms. The third-order valence-electron chi connectivity index (χ3n) is 6.17. The summed E-state index contributed by atoms with van der Waals surface area (Å²) >= 11 is 0. The van der Waals surface area contributed by atoms with Gasteiger partial charge in [0, 0.05) is 0 Å². The van der Waals surface area contributed by atoms with E-state index in [0.717, 1.165) is 15.9 Å². The van der Waals surface area contributed by atoms with Crippen LogP contribution in [-0.4, -0.2) is 47.5 Å². The summed E-state index contributed by atoms with van der Waals surface area (Å²) in [6, 6.07) is 27.8. The largest absolute Gasteiger partial charge is 0.458 e. The van der Waals surface area contributed by atoms with Gasteiger partial charge in [0.1, 0.15) is 17.9 Å². The van der Waals surface area contributed by atoms with Gasteiger partial charge in [0.2, 0.25) is 0 Å². The van der Waals surface area contributed by atoms with Crippen LogP contribution < -0.4 is 15.9 Å². The number of carbonyl (C=O) groups excluding carboxylic acids is 2. The molecule has 6 nitrogen and oxygen atoms in total. The molecule has 0 aromatic heterocycles. The second-order valence-corrected chi connectivity index (χ2v) is 12.9. The molecule has 0 unspecified atom stereocenters. The molecule has 3 aromatic carbocycles. The van der Waals surface area contributed by atoms with Gasteiger partial charge < -0.3 is 14.2 Å². The number of rotatable bonds is 7. The molecular weight excluding hydrogens is 509 g/mol. The van der Waals surface area contributed by atoms with Crippen molar-refractivity contribution >= 4 is 35.9 Å². The molecule has 0 saturated carbocycles. The maximum Gasteiger partial charge on any atom is 0.413 e. The van der Waals surface area contributed by atoms with E-state index in [4.69, 9.17) is 14.2 Å². The Hall–Kier alpha value is -3.47. The molecule has 0 bridgehead atoms. The van der Waals surface area contributed by atoms with Crippen molar-refractivity contribution in [3.8, 4) is 0 Å². The summed E-state index contributed by atoms with van der Waals surface area (Å²) in [5, 5.41) is 3.26. The predicted octanol–water partition coefficient (Wildman–Crippen LogP) is 5.53. The summed E-state index contributed by atoms with van der Waals surface area (Å²) in [4.78, 5) is 27.7. The lowest BCUT2D eigenvalue weighted by atomic mass is 10.2. The van der Waals surface area contributed by atoms with Crippen LogP contribution in [0.4, 0.5) is 4.79 Å². The van der Waals surface area contributed by atoms with Crippen LogP contribution in [0.15, 0.2) is 97.1 Å². The third kappa shape index (κ3) is 7.14. The van der Waals surface area contributed by atoms with E-state index in [-0.39, 0.29) is 18.6 Å². The summed E-state index contributed by atoms with van der Waals surface area (Å²) in [7, 11) is -0.954. The molecule has 7 heteroatoms. The first kappa shape index (κ1) is 28.5. The lowest BCUT2D eigenvalue weighted by Crippen LogP contribution is -2.49. The number of esters is 1. The van der Waals surface area contributed by atoms with Crippen molar-refractivity contribution in [2.24, 2.45) is 0 Å². The summed E-state index contributed by atoms with van der Waals surface area (Å²) < 4.78 is 17.1. The lowest BCUT2D eigenvalue weighted by molar-refractivity contribution is -0.0610. The zero-order valence-corrected chi connectivity index (χ0v) is 24.1. The van der Waals surface area contributed by atoms with E-state index < -0.39 is 25.3 Å². The van der Waals surface area contributed by atoms with E-state index in [9.17, 15) is 9.59 Å². The lowest BCUT2D eigenvalue weighted by Gasteiger charge is -2.34. The molecule has 1 heterocycles. The van der Waals surface area contributed by atoms with Crippen molar-refractivity contribution in [2.75, 3.05) is 13.2 Å². The van der Waals surface area contributed by atoms with Crippen LogP contribution >= 0.6 is 7.92 Å². The van der Waals surface area contributed by atoms with E-state index in [1.165, 1.54) is 0 Å². The van der Waals surface area contributed by atoms with Crippen molar-refractivity contribution in [3.63, 3.8) is 0 Å². The van der Waals surface area contributed by atoms with Gasteiger partial charge >= 0.3 is 12.1 Å². The van der Waals surface area contributed by atoms with Gasteiger partial charge in [-0.05, 0) is 70.6 Å². The molecule has 0 radical (unpaired) electrons. The van der Waals surface area contributed by atoms with Crippen LogP contribution in [0.5, 0.6) is 0 Å². The first-order valence-corrected chi connectivity index (χ1v) is 14.4. The summed E-state index contributed by atoms with van der Waals surface area (Å²) in [5.74, 6) is -0.387. The van der Waals surface area contributed by atoms with Gasteiger partial charge in [-0.3, -0.25) is 4.90 Å². The van der Waals surface area contributed by atoms with Crippen LogP contribution in [0.3, 0.4) is 0 Å². The van der Waals surface area contributed by atoms with Crippen LogP contribution in [0.1, 0.15) is 45.0 Å². The van der Waals surface area contributed by atoms with Gasteiger partial charge in [0.15, 0.2) is 0 Å². The van der Waals surface area contributed by atoms with Crippen LogP contribution in [0, 0.1) is 0 Å². The normalized spacial score (nSPS) is 17.0. The van der Waals surface area contributed by atoms with Crippen molar-refractivity contribution in [3.05, 3.63) is 103 Å². The smallest absolute Gasteiger partial charge is 0.413 e. The van der Waals surface area contributed by atoms with Crippen LogP contribution in [0.25, 0.3) is 0 Å². The first-order chi connectivity index (χ1) is 18.6. The number of hydrogen-bond donors (Lipinski definition) is 0.